The number of rotatable bonds is 2. The molecular weight excluding hydrogens is 266 g/mol. The SMILES string of the molecule is CC#CC(=O)N1CCC=C(c2ccc(NC(N)=O)cc2)C1. The van der Waals surface area contributed by atoms with Gasteiger partial charge in [0.05, 0.1) is 0 Å². The molecule has 1 heterocycles. The minimum Gasteiger partial charge on any atom is -0.351 e. The maximum absolute atomic E-state index is 11.8. The normalized spacial score (nSPS) is 13.8. The molecule has 5 nitrogen and oxygen atoms in total. The molecule has 0 unspecified atom stereocenters. The standard InChI is InChI=1S/C16H17N3O2/c1-2-4-15(20)19-10-3-5-13(11-19)12-6-8-14(9-7-12)18-16(17)21/h5-9H,3,10-11H2,1H3,(H3,17,18,21). The van der Waals surface area contributed by atoms with Gasteiger partial charge in [-0.3, -0.25) is 4.79 Å². The zero-order valence-corrected chi connectivity index (χ0v) is 11.8. The van der Waals surface area contributed by atoms with Crippen molar-refractivity contribution in [3.05, 3.63) is 35.9 Å². The van der Waals surface area contributed by atoms with Gasteiger partial charge in [-0.2, -0.15) is 0 Å². The van der Waals surface area contributed by atoms with Gasteiger partial charge in [-0.05, 0) is 42.5 Å². The molecule has 0 atom stereocenters. The molecule has 0 aromatic heterocycles. The smallest absolute Gasteiger partial charge is 0.316 e. The summed E-state index contributed by atoms with van der Waals surface area (Å²) in [5.41, 5.74) is 7.81. The average molecular weight is 283 g/mol. The second-order valence-corrected chi connectivity index (χ2v) is 4.69. The van der Waals surface area contributed by atoms with E-state index >= 15 is 0 Å². The van der Waals surface area contributed by atoms with E-state index in [0.717, 1.165) is 17.6 Å². The molecular formula is C16H17N3O2. The second-order valence-electron chi connectivity index (χ2n) is 4.69. The van der Waals surface area contributed by atoms with Gasteiger partial charge in [0.2, 0.25) is 0 Å². The van der Waals surface area contributed by atoms with E-state index in [1.807, 2.05) is 12.1 Å². The molecule has 21 heavy (non-hydrogen) atoms. The number of nitrogens with one attached hydrogen (secondary N) is 1. The largest absolute Gasteiger partial charge is 0.351 e. The van der Waals surface area contributed by atoms with Crippen molar-refractivity contribution in [3.63, 3.8) is 0 Å². The molecule has 5 heteroatoms. The molecule has 1 aromatic carbocycles. The Labute approximate surface area is 123 Å². The first-order valence-corrected chi connectivity index (χ1v) is 6.67. The molecule has 0 saturated carbocycles. The highest BCUT2D eigenvalue weighted by Gasteiger charge is 2.17. The number of nitrogens with two attached hydrogens (primary N) is 1. The zero-order valence-electron chi connectivity index (χ0n) is 11.8. The van der Waals surface area contributed by atoms with Gasteiger partial charge in [-0.15, -0.1) is 0 Å². The number of benzene rings is 1. The predicted molar refractivity (Wildman–Crippen MR) is 82.3 cm³/mol. The summed E-state index contributed by atoms with van der Waals surface area (Å²) in [6, 6.07) is 6.78. The third-order valence-electron chi connectivity index (χ3n) is 3.19. The Bertz CT molecular complexity index is 636. The van der Waals surface area contributed by atoms with E-state index in [4.69, 9.17) is 5.73 Å². The highest BCUT2D eigenvalue weighted by atomic mass is 16.2. The van der Waals surface area contributed by atoms with E-state index in [0.29, 0.717) is 18.8 Å². The predicted octanol–water partition coefficient (Wildman–Crippen LogP) is 1.82. The van der Waals surface area contributed by atoms with Crippen molar-refractivity contribution >= 4 is 23.2 Å². The summed E-state index contributed by atoms with van der Waals surface area (Å²) in [4.78, 5) is 24.3. The molecule has 0 aliphatic carbocycles. The Morgan fingerprint density at radius 2 is 2.00 bits per heavy atom. The third kappa shape index (κ3) is 3.86. The monoisotopic (exact) mass is 283 g/mol. The molecule has 108 valence electrons. The Kier molecular flexibility index (Phi) is 4.62. The average Bonchev–Trinajstić information content (AvgIpc) is 2.48. The minimum atomic E-state index is -0.588. The number of carbonyl (C=O) groups is 2. The molecule has 0 bridgehead atoms. The van der Waals surface area contributed by atoms with Crippen LogP contribution in [0.5, 0.6) is 0 Å². The Morgan fingerprint density at radius 3 is 2.62 bits per heavy atom. The van der Waals surface area contributed by atoms with Gasteiger partial charge < -0.3 is 16.0 Å². The van der Waals surface area contributed by atoms with Crippen molar-refractivity contribution in [2.75, 3.05) is 18.4 Å². The lowest BCUT2D eigenvalue weighted by Gasteiger charge is -2.25. The van der Waals surface area contributed by atoms with Crippen molar-refractivity contribution in [2.24, 2.45) is 5.73 Å². The van der Waals surface area contributed by atoms with Gasteiger partial charge in [0.25, 0.3) is 5.91 Å². The fraction of sp³-hybridized carbons (Fsp3) is 0.250. The Hall–Kier alpha value is -2.74. The van der Waals surface area contributed by atoms with Gasteiger partial charge in [-0.1, -0.05) is 24.1 Å². The number of urea groups is 1. The van der Waals surface area contributed by atoms with E-state index in [1.165, 1.54) is 0 Å². The number of primary amides is 1. The van der Waals surface area contributed by atoms with Gasteiger partial charge in [0.1, 0.15) is 0 Å². The van der Waals surface area contributed by atoms with Crippen LogP contribution >= 0.6 is 0 Å². The Morgan fingerprint density at radius 1 is 1.29 bits per heavy atom. The van der Waals surface area contributed by atoms with Crippen LogP contribution in [0.15, 0.2) is 30.3 Å². The van der Waals surface area contributed by atoms with Crippen LogP contribution in [0.2, 0.25) is 0 Å². The van der Waals surface area contributed by atoms with Crippen molar-refractivity contribution in [2.45, 2.75) is 13.3 Å². The van der Waals surface area contributed by atoms with Crippen LogP contribution < -0.4 is 11.1 Å². The van der Waals surface area contributed by atoms with Crippen molar-refractivity contribution < 1.29 is 9.59 Å². The molecule has 3 N–H and O–H groups in total. The lowest BCUT2D eigenvalue weighted by molar-refractivity contribution is -0.124. The van der Waals surface area contributed by atoms with Crippen LogP contribution in [0.1, 0.15) is 18.9 Å². The summed E-state index contributed by atoms with van der Waals surface area (Å²) >= 11 is 0. The highest BCUT2D eigenvalue weighted by Crippen LogP contribution is 2.22. The molecule has 0 radical (unpaired) electrons. The topological polar surface area (TPSA) is 75.4 Å². The number of nitrogens with zero attached hydrogens (tertiary/aromatic N) is 1. The lowest BCUT2D eigenvalue weighted by Crippen LogP contribution is -2.34. The molecule has 0 spiro atoms. The number of hydrogen-bond acceptors (Lipinski definition) is 2. The van der Waals surface area contributed by atoms with Gasteiger partial charge in [0.15, 0.2) is 0 Å². The minimum absolute atomic E-state index is 0.143. The van der Waals surface area contributed by atoms with Crippen molar-refractivity contribution in [3.8, 4) is 11.8 Å². The van der Waals surface area contributed by atoms with E-state index < -0.39 is 6.03 Å². The maximum atomic E-state index is 11.8. The number of anilines is 1. The fourth-order valence-corrected chi connectivity index (χ4v) is 2.22. The summed E-state index contributed by atoms with van der Waals surface area (Å²) in [6.45, 7) is 2.90. The summed E-state index contributed by atoms with van der Waals surface area (Å²) in [6.07, 6.45) is 2.94. The maximum Gasteiger partial charge on any atom is 0.316 e. The van der Waals surface area contributed by atoms with Crippen molar-refractivity contribution in [1.29, 1.82) is 0 Å². The van der Waals surface area contributed by atoms with Crippen LogP contribution in [0, 0.1) is 11.8 Å². The summed E-state index contributed by atoms with van der Waals surface area (Å²) in [7, 11) is 0. The van der Waals surface area contributed by atoms with E-state index in [-0.39, 0.29) is 5.91 Å². The molecule has 0 saturated heterocycles. The fourth-order valence-electron chi connectivity index (χ4n) is 2.22. The van der Waals surface area contributed by atoms with Crippen LogP contribution in [0.3, 0.4) is 0 Å². The van der Waals surface area contributed by atoms with Gasteiger partial charge >= 0.3 is 6.03 Å². The first-order chi connectivity index (χ1) is 10.1. The number of carbonyl (C=O) groups excluding carboxylic acids is 2. The van der Waals surface area contributed by atoms with Crippen LogP contribution in [-0.2, 0) is 4.79 Å². The zero-order chi connectivity index (χ0) is 15.2. The molecule has 3 amide bonds. The quantitative estimate of drug-likeness (QED) is 0.812. The van der Waals surface area contributed by atoms with E-state index in [2.05, 4.69) is 23.2 Å². The van der Waals surface area contributed by atoms with E-state index in [9.17, 15) is 9.59 Å². The third-order valence-corrected chi connectivity index (χ3v) is 3.19. The van der Waals surface area contributed by atoms with Gasteiger partial charge in [-0.25, -0.2) is 4.79 Å². The number of hydrogen-bond donors (Lipinski definition) is 2. The summed E-state index contributed by atoms with van der Waals surface area (Å²) in [5.74, 6) is 5.06. The van der Waals surface area contributed by atoms with Crippen LogP contribution in [0.25, 0.3) is 5.57 Å². The first kappa shape index (κ1) is 14.7. The summed E-state index contributed by atoms with van der Waals surface area (Å²) < 4.78 is 0. The van der Waals surface area contributed by atoms with Crippen molar-refractivity contribution in [1.82, 2.24) is 4.90 Å². The van der Waals surface area contributed by atoms with Crippen LogP contribution in [-0.4, -0.2) is 29.9 Å². The molecule has 1 aliphatic rings. The van der Waals surface area contributed by atoms with Crippen LogP contribution in [0.4, 0.5) is 10.5 Å². The molecule has 0 fully saturated rings. The Balaban J connectivity index is 2.10. The number of amides is 3. The lowest BCUT2D eigenvalue weighted by atomic mass is 10.0. The van der Waals surface area contributed by atoms with Gasteiger partial charge in [0, 0.05) is 18.8 Å². The van der Waals surface area contributed by atoms with E-state index in [1.54, 1.807) is 24.0 Å². The summed E-state index contributed by atoms with van der Waals surface area (Å²) in [5, 5.41) is 2.52. The highest BCUT2D eigenvalue weighted by molar-refractivity contribution is 5.94. The second kappa shape index (κ2) is 6.62. The molecule has 1 aliphatic heterocycles. The molecule has 2 rings (SSSR count). The molecule has 1 aromatic rings. The first-order valence-electron chi connectivity index (χ1n) is 6.67.